The maximum atomic E-state index is 11.6. The number of hydrogen-bond donors (Lipinski definition) is 2. The van der Waals surface area contributed by atoms with E-state index < -0.39 is 0 Å². The van der Waals surface area contributed by atoms with Crippen molar-refractivity contribution in [3.8, 4) is 0 Å². The van der Waals surface area contributed by atoms with Crippen molar-refractivity contribution in [3.05, 3.63) is 22.4 Å². The predicted molar refractivity (Wildman–Crippen MR) is 75.9 cm³/mol. The van der Waals surface area contributed by atoms with Crippen molar-refractivity contribution in [2.75, 3.05) is 19.6 Å². The van der Waals surface area contributed by atoms with Crippen LogP contribution in [0.2, 0.25) is 0 Å². The maximum absolute atomic E-state index is 11.6. The first-order valence-corrected chi connectivity index (χ1v) is 7.72. The fourth-order valence-electron chi connectivity index (χ4n) is 2.34. The number of thiophene rings is 1. The molecule has 0 aliphatic carbocycles. The largest absolute Gasteiger partial charge is 0.356 e. The quantitative estimate of drug-likeness (QED) is 0.794. The maximum Gasteiger partial charge on any atom is 0.220 e. The number of hydrogen-bond acceptors (Lipinski definition) is 3. The van der Waals surface area contributed by atoms with E-state index in [1.807, 2.05) is 0 Å². The Morgan fingerprint density at radius 2 is 2.50 bits per heavy atom. The smallest absolute Gasteiger partial charge is 0.220 e. The van der Waals surface area contributed by atoms with Gasteiger partial charge < -0.3 is 10.6 Å². The van der Waals surface area contributed by atoms with E-state index in [0.29, 0.717) is 6.42 Å². The Morgan fingerprint density at radius 1 is 1.56 bits per heavy atom. The van der Waals surface area contributed by atoms with E-state index in [2.05, 4.69) is 28.1 Å². The molecule has 1 aromatic heterocycles. The van der Waals surface area contributed by atoms with Crippen molar-refractivity contribution in [2.45, 2.75) is 32.1 Å². The van der Waals surface area contributed by atoms with Crippen molar-refractivity contribution >= 4 is 17.2 Å². The van der Waals surface area contributed by atoms with Crippen LogP contribution in [0, 0.1) is 5.92 Å². The molecular formula is C14H22N2OS. The molecule has 0 saturated carbocycles. The van der Waals surface area contributed by atoms with Crippen LogP contribution >= 0.6 is 11.3 Å². The Bertz CT molecular complexity index is 345. The van der Waals surface area contributed by atoms with Crippen LogP contribution < -0.4 is 10.6 Å². The van der Waals surface area contributed by atoms with Crippen LogP contribution in [0.1, 0.15) is 30.6 Å². The van der Waals surface area contributed by atoms with Gasteiger partial charge in [0.25, 0.3) is 0 Å². The van der Waals surface area contributed by atoms with Crippen LogP contribution in [0.3, 0.4) is 0 Å². The number of carbonyl (C=O) groups is 1. The van der Waals surface area contributed by atoms with Crippen LogP contribution in [0.15, 0.2) is 17.5 Å². The average Bonchev–Trinajstić information content (AvgIpc) is 3.01. The molecule has 3 nitrogen and oxygen atoms in total. The number of aryl methyl sites for hydroxylation is 1. The summed E-state index contributed by atoms with van der Waals surface area (Å²) in [6.07, 6.45) is 5.01. The molecule has 100 valence electrons. The van der Waals surface area contributed by atoms with Gasteiger partial charge in [0.2, 0.25) is 5.91 Å². The molecule has 2 N–H and O–H groups in total. The van der Waals surface area contributed by atoms with Gasteiger partial charge in [-0.05, 0) is 56.1 Å². The van der Waals surface area contributed by atoms with Gasteiger partial charge in [-0.1, -0.05) is 6.07 Å². The summed E-state index contributed by atoms with van der Waals surface area (Å²) in [5, 5.41) is 8.46. The van der Waals surface area contributed by atoms with Crippen LogP contribution in [-0.2, 0) is 11.2 Å². The van der Waals surface area contributed by atoms with Crippen LogP contribution in [-0.4, -0.2) is 25.5 Å². The zero-order valence-corrected chi connectivity index (χ0v) is 11.6. The van der Waals surface area contributed by atoms with Crippen molar-refractivity contribution in [1.29, 1.82) is 0 Å². The summed E-state index contributed by atoms with van der Waals surface area (Å²) in [6, 6.07) is 4.20. The monoisotopic (exact) mass is 266 g/mol. The SMILES string of the molecule is O=C(CCCc1cccs1)NCCC1CCNC1. The van der Waals surface area contributed by atoms with Gasteiger partial charge in [-0.15, -0.1) is 11.3 Å². The van der Waals surface area contributed by atoms with E-state index in [0.717, 1.165) is 44.8 Å². The number of rotatable bonds is 7. The Kier molecular flexibility index (Phi) is 5.68. The summed E-state index contributed by atoms with van der Waals surface area (Å²) >= 11 is 1.77. The third-order valence-electron chi connectivity index (χ3n) is 3.44. The molecule has 1 aliphatic heterocycles. The lowest BCUT2D eigenvalue weighted by molar-refractivity contribution is -0.121. The Labute approximate surface area is 113 Å². The molecule has 2 rings (SSSR count). The third-order valence-corrected chi connectivity index (χ3v) is 4.38. The zero-order chi connectivity index (χ0) is 12.6. The topological polar surface area (TPSA) is 41.1 Å². The molecule has 0 radical (unpaired) electrons. The van der Waals surface area contributed by atoms with E-state index in [9.17, 15) is 4.79 Å². The Hall–Kier alpha value is -0.870. The van der Waals surface area contributed by atoms with Gasteiger partial charge >= 0.3 is 0 Å². The molecule has 1 aliphatic rings. The molecule has 4 heteroatoms. The highest BCUT2D eigenvalue weighted by atomic mass is 32.1. The number of nitrogens with one attached hydrogen (secondary N) is 2. The van der Waals surface area contributed by atoms with Crippen molar-refractivity contribution < 1.29 is 4.79 Å². The first-order chi connectivity index (χ1) is 8.84. The number of amides is 1. The summed E-state index contributed by atoms with van der Waals surface area (Å²) < 4.78 is 0. The lowest BCUT2D eigenvalue weighted by Gasteiger charge is -2.09. The molecule has 1 fully saturated rings. The second-order valence-electron chi connectivity index (χ2n) is 4.93. The van der Waals surface area contributed by atoms with Crippen molar-refractivity contribution in [3.63, 3.8) is 0 Å². The van der Waals surface area contributed by atoms with Gasteiger partial charge in [0.1, 0.15) is 0 Å². The molecule has 0 bridgehead atoms. The minimum atomic E-state index is 0.206. The minimum absolute atomic E-state index is 0.206. The van der Waals surface area contributed by atoms with Gasteiger partial charge in [0.05, 0.1) is 0 Å². The van der Waals surface area contributed by atoms with Crippen LogP contribution in [0.4, 0.5) is 0 Å². The predicted octanol–water partition coefficient (Wildman–Crippen LogP) is 2.19. The molecule has 1 atom stereocenters. The molecule has 1 saturated heterocycles. The third kappa shape index (κ3) is 4.78. The minimum Gasteiger partial charge on any atom is -0.356 e. The highest BCUT2D eigenvalue weighted by Crippen LogP contribution is 2.12. The highest BCUT2D eigenvalue weighted by Gasteiger charge is 2.13. The molecule has 1 amide bonds. The first-order valence-electron chi connectivity index (χ1n) is 6.84. The average molecular weight is 266 g/mol. The van der Waals surface area contributed by atoms with E-state index in [4.69, 9.17) is 0 Å². The fourth-order valence-corrected chi connectivity index (χ4v) is 3.09. The zero-order valence-electron chi connectivity index (χ0n) is 10.8. The Balaban J connectivity index is 1.49. The van der Waals surface area contributed by atoms with Crippen molar-refractivity contribution in [1.82, 2.24) is 10.6 Å². The van der Waals surface area contributed by atoms with E-state index in [-0.39, 0.29) is 5.91 Å². The van der Waals surface area contributed by atoms with Gasteiger partial charge in [-0.25, -0.2) is 0 Å². The van der Waals surface area contributed by atoms with Gasteiger partial charge in [0.15, 0.2) is 0 Å². The van der Waals surface area contributed by atoms with Gasteiger partial charge in [-0.2, -0.15) is 0 Å². The summed E-state index contributed by atoms with van der Waals surface area (Å²) in [7, 11) is 0. The number of carbonyl (C=O) groups excluding carboxylic acids is 1. The first kappa shape index (κ1) is 13.6. The normalized spacial score (nSPS) is 19.0. The van der Waals surface area contributed by atoms with E-state index in [1.54, 1.807) is 11.3 Å². The molecule has 18 heavy (non-hydrogen) atoms. The summed E-state index contributed by atoms with van der Waals surface area (Å²) in [5.41, 5.74) is 0. The fraction of sp³-hybridized carbons (Fsp3) is 0.643. The molecule has 2 heterocycles. The summed E-state index contributed by atoms with van der Waals surface area (Å²) in [6.45, 7) is 3.10. The second kappa shape index (κ2) is 7.54. The van der Waals surface area contributed by atoms with E-state index >= 15 is 0 Å². The van der Waals surface area contributed by atoms with Crippen molar-refractivity contribution in [2.24, 2.45) is 5.92 Å². The van der Waals surface area contributed by atoms with E-state index in [1.165, 1.54) is 11.3 Å². The molecule has 1 aromatic rings. The second-order valence-corrected chi connectivity index (χ2v) is 5.96. The summed E-state index contributed by atoms with van der Waals surface area (Å²) in [4.78, 5) is 13.0. The molecular weight excluding hydrogens is 244 g/mol. The molecule has 0 spiro atoms. The van der Waals surface area contributed by atoms with Crippen LogP contribution in [0.25, 0.3) is 0 Å². The van der Waals surface area contributed by atoms with Gasteiger partial charge in [0, 0.05) is 17.8 Å². The highest BCUT2D eigenvalue weighted by molar-refractivity contribution is 7.09. The van der Waals surface area contributed by atoms with Gasteiger partial charge in [-0.3, -0.25) is 4.79 Å². The molecule has 0 aromatic carbocycles. The standard InChI is InChI=1S/C14H22N2OS/c17-14(5-1-3-13-4-2-10-18-13)16-9-7-12-6-8-15-11-12/h2,4,10,12,15H,1,3,5-9,11H2,(H,16,17). The summed E-state index contributed by atoms with van der Waals surface area (Å²) in [5.74, 6) is 0.967. The lowest BCUT2D eigenvalue weighted by atomic mass is 10.1. The molecule has 1 unspecified atom stereocenters. The lowest BCUT2D eigenvalue weighted by Crippen LogP contribution is -2.26. The van der Waals surface area contributed by atoms with Crippen LogP contribution in [0.5, 0.6) is 0 Å². The Morgan fingerprint density at radius 3 is 3.22 bits per heavy atom.